The lowest BCUT2D eigenvalue weighted by Gasteiger charge is -2.12. The van der Waals surface area contributed by atoms with Gasteiger partial charge in [0.05, 0.1) is 16.6 Å². The summed E-state index contributed by atoms with van der Waals surface area (Å²) in [6.07, 6.45) is 0. The number of halogens is 1. The Balaban J connectivity index is 1.69. The lowest BCUT2D eigenvalue weighted by Crippen LogP contribution is -2.21. The Bertz CT molecular complexity index is 1450. The van der Waals surface area contributed by atoms with Gasteiger partial charge < -0.3 is 11.1 Å². The van der Waals surface area contributed by atoms with Crippen molar-refractivity contribution in [1.29, 1.82) is 0 Å². The summed E-state index contributed by atoms with van der Waals surface area (Å²) < 4.78 is 1.58. The third-order valence-electron chi connectivity index (χ3n) is 4.74. The first kappa shape index (κ1) is 19.3. The van der Waals surface area contributed by atoms with Crippen LogP contribution in [0.4, 0.5) is 16.6 Å². The molecule has 31 heavy (non-hydrogen) atoms. The number of hydrogen-bond acceptors (Lipinski definition) is 6. The maximum atomic E-state index is 13.4. The molecule has 5 rings (SSSR count). The number of fused-ring (bicyclic) bond motifs is 1. The van der Waals surface area contributed by atoms with E-state index < -0.39 is 0 Å². The van der Waals surface area contributed by atoms with Crippen LogP contribution in [0.5, 0.6) is 0 Å². The summed E-state index contributed by atoms with van der Waals surface area (Å²) in [5.74, 6) is 0.752. The molecule has 0 spiro atoms. The Hall–Kier alpha value is -3.68. The molecule has 0 amide bonds. The molecule has 5 aromatic rings. The minimum atomic E-state index is -0.160. The van der Waals surface area contributed by atoms with Crippen molar-refractivity contribution in [3.8, 4) is 16.4 Å². The van der Waals surface area contributed by atoms with Crippen molar-refractivity contribution >= 4 is 50.5 Å². The van der Waals surface area contributed by atoms with Crippen LogP contribution in [0.1, 0.15) is 0 Å². The van der Waals surface area contributed by atoms with E-state index in [-0.39, 0.29) is 5.56 Å². The summed E-state index contributed by atoms with van der Waals surface area (Å²) >= 11 is 7.30. The van der Waals surface area contributed by atoms with E-state index in [2.05, 4.69) is 10.3 Å². The number of aromatic nitrogens is 3. The molecule has 2 aromatic heterocycles. The first-order valence-electron chi connectivity index (χ1n) is 9.46. The number of anilines is 3. The summed E-state index contributed by atoms with van der Waals surface area (Å²) in [6, 6.07) is 24.0. The molecule has 0 atom stereocenters. The van der Waals surface area contributed by atoms with Crippen LogP contribution in [0.2, 0.25) is 5.02 Å². The quantitative estimate of drug-likeness (QED) is 0.382. The molecular weight excluding hydrogens is 430 g/mol. The summed E-state index contributed by atoms with van der Waals surface area (Å²) in [4.78, 5) is 23.2. The highest BCUT2D eigenvalue weighted by molar-refractivity contribution is 7.19. The van der Waals surface area contributed by atoms with Gasteiger partial charge in [-0.05, 0) is 48.5 Å². The molecule has 0 radical (unpaired) electrons. The molecule has 3 N–H and O–H groups in total. The van der Waals surface area contributed by atoms with Crippen LogP contribution in [0.15, 0.2) is 83.7 Å². The van der Waals surface area contributed by atoms with Gasteiger partial charge in [0.2, 0.25) is 0 Å². The number of nitrogens with zero attached hydrogens (tertiary/aromatic N) is 3. The smallest absolute Gasteiger partial charge is 0.266 e. The number of para-hydroxylation sites is 2. The summed E-state index contributed by atoms with van der Waals surface area (Å²) in [7, 11) is 0. The molecule has 6 nitrogen and oxygen atoms in total. The van der Waals surface area contributed by atoms with E-state index in [0.717, 1.165) is 5.69 Å². The van der Waals surface area contributed by atoms with E-state index >= 15 is 0 Å². The molecular formula is C23H16ClN5OS. The van der Waals surface area contributed by atoms with Gasteiger partial charge in [0, 0.05) is 10.7 Å². The van der Waals surface area contributed by atoms with Gasteiger partial charge in [-0.1, -0.05) is 53.3 Å². The normalized spacial score (nSPS) is 11.0. The van der Waals surface area contributed by atoms with Gasteiger partial charge in [0.25, 0.3) is 5.56 Å². The van der Waals surface area contributed by atoms with Crippen LogP contribution in [0.25, 0.3) is 27.3 Å². The second-order valence-electron chi connectivity index (χ2n) is 6.79. The largest absolute Gasteiger partial charge is 0.382 e. The lowest BCUT2D eigenvalue weighted by molar-refractivity contribution is 0.980. The molecule has 0 fully saturated rings. The Morgan fingerprint density at radius 2 is 1.61 bits per heavy atom. The zero-order valence-electron chi connectivity index (χ0n) is 16.1. The average Bonchev–Trinajstić information content (AvgIpc) is 3.15. The fourth-order valence-corrected chi connectivity index (χ4v) is 4.31. The van der Waals surface area contributed by atoms with Crippen molar-refractivity contribution < 1.29 is 0 Å². The predicted molar refractivity (Wildman–Crippen MR) is 128 cm³/mol. The minimum absolute atomic E-state index is 0.160. The SMILES string of the molecule is Nc1nc(Nc2ccc(Cl)cc2)sc1-c1nc2ccccc2c(=O)n1-c1ccccc1. The van der Waals surface area contributed by atoms with Crippen LogP contribution in [-0.4, -0.2) is 14.5 Å². The van der Waals surface area contributed by atoms with Crippen LogP contribution in [0.3, 0.4) is 0 Å². The minimum Gasteiger partial charge on any atom is -0.382 e. The third-order valence-corrected chi connectivity index (χ3v) is 5.98. The number of benzene rings is 3. The highest BCUT2D eigenvalue weighted by Gasteiger charge is 2.20. The standard InChI is InChI=1S/C23H16ClN5OS/c24-14-10-12-15(13-11-14)26-23-28-20(25)19(31-23)21-27-18-9-5-4-8-17(18)22(30)29(21)16-6-2-1-3-7-16/h1-13H,25H2,(H,26,28). The fraction of sp³-hybridized carbons (Fsp3) is 0. The van der Waals surface area contributed by atoms with Crippen molar-refractivity contribution in [2.75, 3.05) is 11.1 Å². The molecule has 0 aliphatic carbocycles. The van der Waals surface area contributed by atoms with E-state index in [9.17, 15) is 4.79 Å². The number of thiazole rings is 1. The first-order valence-corrected chi connectivity index (χ1v) is 10.7. The van der Waals surface area contributed by atoms with Crippen LogP contribution in [0, 0.1) is 0 Å². The molecule has 2 heterocycles. The molecule has 152 valence electrons. The molecule has 0 aliphatic heterocycles. The molecule has 8 heteroatoms. The van der Waals surface area contributed by atoms with Crippen molar-refractivity contribution in [3.05, 3.63) is 94.2 Å². The van der Waals surface area contributed by atoms with Gasteiger partial charge in [-0.2, -0.15) is 0 Å². The van der Waals surface area contributed by atoms with E-state index in [1.54, 1.807) is 22.8 Å². The summed E-state index contributed by atoms with van der Waals surface area (Å²) in [6.45, 7) is 0. The number of nitrogens with one attached hydrogen (secondary N) is 1. The van der Waals surface area contributed by atoms with Crippen LogP contribution < -0.4 is 16.6 Å². The highest BCUT2D eigenvalue weighted by Crippen LogP contribution is 2.36. The van der Waals surface area contributed by atoms with Gasteiger partial charge in [-0.15, -0.1) is 0 Å². The Morgan fingerprint density at radius 3 is 2.39 bits per heavy atom. The highest BCUT2D eigenvalue weighted by atomic mass is 35.5. The summed E-state index contributed by atoms with van der Waals surface area (Å²) in [5.41, 5.74) is 8.26. The molecule has 0 saturated carbocycles. The maximum Gasteiger partial charge on any atom is 0.266 e. The zero-order valence-corrected chi connectivity index (χ0v) is 17.7. The van der Waals surface area contributed by atoms with Crippen molar-refractivity contribution in [1.82, 2.24) is 14.5 Å². The topological polar surface area (TPSA) is 85.8 Å². The maximum absolute atomic E-state index is 13.4. The molecule has 0 unspecified atom stereocenters. The molecule has 0 aliphatic rings. The fourth-order valence-electron chi connectivity index (χ4n) is 3.30. The monoisotopic (exact) mass is 445 g/mol. The van der Waals surface area contributed by atoms with Crippen molar-refractivity contribution in [3.63, 3.8) is 0 Å². The molecule has 3 aromatic carbocycles. The van der Waals surface area contributed by atoms with Crippen LogP contribution >= 0.6 is 22.9 Å². The Morgan fingerprint density at radius 1 is 0.903 bits per heavy atom. The van der Waals surface area contributed by atoms with Gasteiger partial charge in [0.1, 0.15) is 10.7 Å². The molecule has 0 saturated heterocycles. The van der Waals surface area contributed by atoms with Gasteiger partial charge in [-0.3, -0.25) is 9.36 Å². The second-order valence-corrected chi connectivity index (χ2v) is 8.23. The first-order chi connectivity index (χ1) is 15.1. The van der Waals surface area contributed by atoms with Gasteiger partial charge >= 0.3 is 0 Å². The lowest BCUT2D eigenvalue weighted by atomic mass is 10.2. The predicted octanol–water partition coefficient (Wildman–Crippen LogP) is 5.49. The number of nitrogens with two attached hydrogens (primary N) is 1. The second kappa shape index (κ2) is 7.86. The van der Waals surface area contributed by atoms with E-state index in [0.29, 0.717) is 43.3 Å². The average molecular weight is 446 g/mol. The van der Waals surface area contributed by atoms with Gasteiger partial charge in [-0.25, -0.2) is 9.97 Å². The number of nitrogen functional groups attached to an aromatic ring is 1. The number of hydrogen-bond donors (Lipinski definition) is 2. The van der Waals surface area contributed by atoms with E-state index in [1.807, 2.05) is 60.7 Å². The number of rotatable bonds is 4. The Kier molecular flexibility index (Phi) is 4.89. The van der Waals surface area contributed by atoms with E-state index in [1.165, 1.54) is 11.3 Å². The summed E-state index contributed by atoms with van der Waals surface area (Å²) in [5, 5.41) is 5.01. The van der Waals surface area contributed by atoms with Gasteiger partial charge in [0.15, 0.2) is 11.0 Å². The van der Waals surface area contributed by atoms with Crippen molar-refractivity contribution in [2.45, 2.75) is 0 Å². The van der Waals surface area contributed by atoms with Crippen molar-refractivity contribution in [2.24, 2.45) is 0 Å². The van der Waals surface area contributed by atoms with Crippen LogP contribution in [-0.2, 0) is 0 Å². The molecule has 0 bridgehead atoms. The Labute approximate surface area is 186 Å². The zero-order chi connectivity index (χ0) is 21.4. The third kappa shape index (κ3) is 3.65. The van der Waals surface area contributed by atoms with E-state index in [4.69, 9.17) is 22.3 Å².